The fraction of sp³-hybridized carbons (Fsp3) is 0.667. The Hall–Kier alpha value is -0.810. The molecule has 5 heteroatoms. The molecule has 3 aliphatic rings. The second kappa shape index (κ2) is 7.67. The van der Waals surface area contributed by atoms with Gasteiger partial charge < -0.3 is 10.1 Å². The highest BCUT2D eigenvalue weighted by molar-refractivity contribution is 8.21. The van der Waals surface area contributed by atoms with Crippen LogP contribution in [0.5, 0.6) is 5.75 Å². The van der Waals surface area contributed by atoms with Gasteiger partial charge in [-0.2, -0.15) is 0 Å². The van der Waals surface area contributed by atoms with Crippen LogP contribution in [0.2, 0.25) is 0 Å². The number of hydrogen-bond acceptors (Lipinski definition) is 4. The number of carbonyl (C=O) groups is 1. The molecule has 1 spiro atoms. The van der Waals surface area contributed by atoms with Crippen LogP contribution < -0.4 is 10.1 Å². The van der Waals surface area contributed by atoms with Crippen molar-refractivity contribution in [1.82, 2.24) is 5.32 Å². The Labute approximate surface area is 165 Å². The zero-order chi connectivity index (χ0) is 18.1. The molecule has 3 fully saturated rings. The summed E-state index contributed by atoms with van der Waals surface area (Å²) in [4.78, 5) is 12.7. The summed E-state index contributed by atoms with van der Waals surface area (Å²) in [5.74, 6) is 5.43. The maximum Gasteiger partial charge on any atom is 0.223 e. The third-order valence-corrected chi connectivity index (χ3v) is 10.3. The highest BCUT2D eigenvalue weighted by atomic mass is 32.2. The fourth-order valence-corrected chi connectivity index (χ4v) is 8.99. The number of nitrogens with one attached hydrogen (secondary N) is 1. The molecule has 1 N–H and O–H groups in total. The van der Waals surface area contributed by atoms with Gasteiger partial charge in [0.05, 0.1) is 10.6 Å². The summed E-state index contributed by atoms with van der Waals surface area (Å²) in [6.07, 6.45) is 4.81. The van der Waals surface area contributed by atoms with Gasteiger partial charge in [-0.15, -0.1) is 23.5 Å². The lowest BCUT2D eigenvalue weighted by atomic mass is 9.79. The van der Waals surface area contributed by atoms with Crippen LogP contribution in [0, 0.1) is 31.6 Å². The van der Waals surface area contributed by atoms with Crippen molar-refractivity contribution in [1.29, 1.82) is 0 Å². The molecule has 0 aromatic heterocycles. The summed E-state index contributed by atoms with van der Waals surface area (Å²) < 4.78 is 6.30. The predicted octanol–water partition coefficient (Wildman–Crippen LogP) is 4.41. The monoisotopic (exact) mass is 391 g/mol. The molecule has 1 aromatic carbocycles. The molecule has 2 saturated carbocycles. The second-order valence-corrected chi connectivity index (χ2v) is 11.0. The zero-order valence-electron chi connectivity index (χ0n) is 15.8. The fourth-order valence-electron chi connectivity index (χ4n) is 5.06. The molecule has 0 radical (unpaired) electrons. The maximum absolute atomic E-state index is 12.7. The third kappa shape index (κ3) is 3.49. The van der Waals surface area contributed by atoms with Crippen molar-refractivity contribution in [3.05, 3.63) is 29.3 Å². The van der Waals surface area contributed by atoms with Crippen LogP contribution in [0.1, 0.15) is 36.8 Å². The number of thioether (sulfide) groups is 2. The van der Waals surface area contributed by atoms with Crippen molar-refractivity contribution in [3.8, 4) is 5.75 Å². The van der Waals surface area contributed by atoms with Crippen molar-refractivity contribution < 1.29 is 9.53 Å². The van der Waals surface area contributed by atoms with Crippen molar-refractivity contribution in [3.63, 3.8) is 0 Å². The molecule has 1 saturated heterocycles. The standard InChI is InChI=1S/C21H29NO2S2/c1-14-3-6-19(15(2)11-14)24-8-7-22-20(23)16-12-17-4-5-18(13-16)21(17)25-9-10-26-21/h3,6,11,16-18H,4-5,7-10,12-13H2,1-2H3,(H,22,23). The summed E-state index contributed by atoms with van der Waals surface area (Å²) in [7, 11) is 0. The minimum atomic E-state index is 0.209. The van der Waals surface area contributed by atoms with E-state index in [1.54, 1.807) is 0 Å². The average molecular weight is 392 g/mol. The minimum absolute atomic E-state index is 0.209. The van der Waals surface area contributed by atoms with E-state index in [2.05, 4.69) is 54.8 Å². The first-order valence-electron chi connectivity index (χ1n) is 9.84. The summed E-state index contributed by atoms with van der Waals surface area (Å²) in [6.45, 7) is 5.27. The molecular weight excluding hydrogens is 362 g/mol. The highest BCUT2D eigenvalue weighted by Crippen LogP contribution is 2.65. The number of aryl methyl sites for hydroxylation is 2. The predicted molar refractivity (Wildman–Crippen MR) is 111 cm³/mol. The van der Waals surface area contributed by atoms with Crippen LogP contribution in [0.25, 0.3) is 0 Å². The van der Waals surface area contributed by atoms with Crippen molar-refractivity contribution in [2.45, 2.75) is 43.6 Å². The van der Waals surface area contributed by atoms with Crippen LogP contribution in [0.4, 0.5) is 0 Å². The van der Waals surface area contributed by atoms with Crippen LogP contribution in [-0.2, 0) is 4.79 Å². The molecular formula is C21H29NO2S2. The number of hydrogen-bond donors (Lipinski definition) is 1. The van der Waals surface area contributed by atoms with Gasteiger partial charge in [0.25, 0.3) is 0 Å². The molecule has 2 atom stereocenters. The Bertz CT molecular complexity index is 656. The summed E-state index contributed by atoms with van der Waals surface area (Å²) in [5.41, 5.74) is 2.39. The van der Waals surface area contributed by atoms with Gasteiger partial charge in [-0.05, 0) is 63.0 Å². The van der Waals surface area contributed by atoms with Crippen molar-refractivity contribution in [2.24, 2.45) is 17.8 Å². The van der Waals surface area contributed by atoms with Gasteiger partial charge >= 0.3 is 0 Å². The van der Waals surface area contributed by atoms with Gasteiger partial charge in [-0.25, -0.2) is 0 Å². The lowest BCUT2D eigenvalue weighted by molar-refractivity contribution is -0.126. The van der Waals surface area contributed by atoms with E-state index in [-0.39, 0.29) is 11.8 Å². The molecule has 142 valence electrons. The Morgan fingerprint density at radius 1 is 1.19 bits per heavy atom. The summed E-state index contributed by atoms with van der Waals surface area (Å²) in [6, 6.07) is 6.20. The van der Waals surface area contributed by atoms with Crippen LogP contribution in [-0.4, -0.2) is 34.6 Å². The maximum atomic E-state index is 12.7. The molecule has 4 rings (SSSR count). The van der Waals surface area contributed by atoms with Crippen LogP contribution in [0.15, 0.2) is 18.2 Å². The van der Waals surface area contributed by atoms with Crippen molar-refractivity contribution >= 4 is 29.4 Å². The first-order chi connectivity index (χ1) is 12.6. The topological polar surface area (TPSA) is 38.3 Å². The van der Waals surface area contributed by atoms with Gasteiger partial charge in [-0.1, -0.05) is 17.7 Å². The van der Waals surface area contributed by atoms with E-state index < -0.39 is 0 Å². The third-order valence-electron chi connectivity index (χ3n) is 6.24. The van der Waals surface area contributed by atoms with E-state index in [1.807, 2.05) is 6.07 Å². The van der Waals surface area contributed by atoms with E-state index in [0.29, 0.717) is 17.2 Å². The first-order valence-corrected chi connectivity index (χ1v) is 11.8. The van der Waals surface area contributed by atoms with E-state index >= 15 is 0 Å². The lowest BCUT2D eigenvalue weighted by Gasteiger charge is -2.42. The second-order valence-electron chi connectivity index (χ2n) is 7.97. The quantitative estimate of drug-likeness (QED) is 0.755. The molecule has 2 bridgehead atoms. The van der Waals surface area contributed by atoms with E-state index in [9.17, 15) is 4.79 Å². The Morgan fingerprint density at radius 2 is 1.88 bits per heavy atom. The number of amides is 1. The SMILES string of the molecule is Cc1ccc(OCCNC(=O)C2CC3CCC(C2)C32SCCS2)c(C)c1. The molecule has 1 aromatic rings. The molecule has 1 aliphatic heterocycles. The molecule has 3 nitrogen and oxygen atoms in total. The Balaban J connectivity index is 1.25. The molecule has 2 aliphatic carbocycles. The van der Waals surface area contributed by atoms with Gasteiger partial charge in [0, 0.05) is 17.4 Å². The van der Waals surface area contributed by atoms with Gasteiger partial charge in [0.15, 0.2) is 0 Å². The largest absolute Gasteiger partial charge is 0.491 e. The van der Waals surface area contributed by atoms with E-state index in [4.69, 9.17) is 4.74 Å². The molecule has 2 unspecified atom stereocenters. The number of rotatable bonds is 5. The number of carbonyl (C=O) groups excluding carboxylic acids is 1. The summed E-state index contributed by atoms with van der Waals surface area (Å²) >= 11 is 4.38. The smallest absolute Gasteiger partial charge is 0.223 e. The van der Waals surface area contributed by atoms with Crippen LogP contribution >= 0.6 is 23.5 Å². The molecule has 26 heavy (non-hydrogen) atoms. The summed E-state index contributed by atoms with van der Waals surface area (Å²) in [5, 5.41) is 3.12. The number of benzene rings is 1. The zero-order valence-corrected chi connectivity index (χ0v) is 17.4. The lowest BCUT2D eigenvalue weighted by Crippen LogP contribution is -2.43. The Kier molecular flexibility index (Phi) is 5.47. The van der Waals surface area contributed by atoms with Gasteiger partial charge in [0.1, 0.15) is 12.4 Å². The number of ether oxygens (including phenoxy) is 1. The van der Waals surface area contributed by atoms with E-state index in [1.165, 1.54) is 29.9 Å². The normalized spacial score (nSPS) is 29.1. The van der Waals surface area contributed by atoms with Crippen LogP contribution in [0.3, 0.4) is 0 Å². The first kappa shape index (κ1) is 18.5. The minimum Gasteiger partial charge on any atom is -0.491 e. The highest BCUT2D eigenvalue weighted by Gasteiger charge is 2.57. The Morgan fingerprint density at radius 3 is 2.54 bits per heavy atom. The average Bonchev–Trinajstić information content (AvgIpc) is 3.15. The van der Waals surface area contributed by atoms with Gasteiger partial charge in [-0.3, -0.25) is 4.79 Å². The molecule has 1 heterocycles. The van der Waals surface area contributed by atoms with E-state index in [0.717, 1.165) is 36.0 Å². The van der Waals surface area contributed by atoms with Crippen molar-refractivity contribution in [2.75, 3.05) is 24.7 Å². The van der Waals surface area contributed by atoms with Gasteiger partial charge in [0.2, 0.25) is 5.91 Å². The molecule has 1 amide bonds.